The molecule has 0 radical (unpaired) electrons. The normalized spacial score (nSPS) is 21.2. The number of likely N-dealkylation sites (N-methyl/N-ethyl adjacent to an activating group) is 1. The third kappa shape index (κ3) is 3.15. The highest BCUT2D eigenvalue weighted by molar-refractivity contribution is 5.92. The zero-order valence-electron chi connectivity index (χ0n) is 14.2. The number of benzene rings is 1. The van der Waals surface area contributed by atoms with Crippen molar-refractivity contribution >= 4 is 5.91 Å². The van der Waals surface area contributed by atoms with Gasteiger partial charge in [0.25, 0.3) is 5.91 Å². The molecular weight excluding hydrogens is 288 g/mol. The highest BCUT2D eigenvalue weighted by atomic mass is 16.2. The first kappa shape index (κ1) is 15.7. The molecule has 122 valence electrons. The van der Waals surface area contributed by atoms with Gasteiger partial charge in [-0.1, -0.05) is 29.8 Å². The van der Waals surface area contributed by atoms with Crippen molar-refractivity contribution < 1.29 is 4.79 Å². The van der Waals surface area contributed by atoms with E-state index in [-0.39, 0.29) is 5.91 Å². The lowest BCUT2D eigenvalue weighted by Crippen LogP contribution is -2.36. The van der Waals surface area contributed by atoms with Gasteiger partial charge in [-0.05, 0) is 39.6 Å². The van der Waals surface area contributed by atoms with E-state index < -0.39 is 0 Å². The van der Waals surface area contributed by atoms with E-state index in [1.54, 1.807) is 0 Å². The van der Waals surface area contributed by atoms with E-state index in [1.807, 2.05) is 17.9 Å². The molecule has 1 fully saturated rings. The quantitative estimate of drug-likeness (QED) is 0.945. The summed E-state index contributed by atoms with van der Waals surface area (Å²) in [6, 6.07) is 10.8. The van der Waals surface area contributed by atoms with Crippen LogP contribution in [0.4, 0.5) is 0 Å². The van der Waals surface area contributed by atoms with Gasteiger partial charge in [0.05, 0.1) is 0 Å². The Hall–Kier alpha value is -2.14. The highest BCUT2D eigenvalue weighted by Gasteiger charge is 2.38. The Labute approximate surface area is 137 Å². The number of carbonyl (C=O) groups is 1. The minimum Gasteiger partial charge on any atom is -0.335 e. The van der Waals surface area contributed by atoms with Crippen molar-refractivity contribution in [1.82, 2.24) is 20.0 Å². The first-order valence-corrected chi connectivity index (χ1v) is 8.00. The van der Waals surface area contributed by atoms with Crippen molar-refractivity contribution in [2.75, 3.05) is 27.2 Å². The van der Waals surface area contributed by atoms with Crippen LogP contribution in [0.3, 0.4) is 0 Å². The van der Waals surface area contributed by atoms with Gasteiger partial charge in [0.15, 0.2) is 0 Å². The molecule has 23 heavy (non-hydrogen) atoms. The Kier molecular flexibility index (Phi) is 4.22. The summed E-state index contributed by atoms with van der Waals surface area (Å²) in [5.74, 6) is 0.338. The lowest BCUT2D eigenvalue weighted by molar-refractivity contribution is 0.0776. The SMILES string of the molecule is Cc1ccc([C@@H]2CN(C(=O)c3cc(C)[nH]n3)C[C@H]2N(C)C)cc1. The summed E-state index contributed by atoms with van der Waals surface area (Å²) in [4.78, 5) is 16.8. The predicted molar refractivity (Wildman–Crippen MR) is 90.6 cm³/mol. The standard InChI is InChI=1S/C18H24N4O/c1-12-5-7-14(8-6-12)15-10-22(11-17(15)21(3)4)18(23)16-9-13(2)19-20-16/h5-9,15,17H,10-11H2,1-4H3,(H,19,20)/t15-,17+/m0/s1. The molecule has 1 aliphatic rings. The van der Waals surface area contributed by atoms with Crippen LogP contribution in [-0.2, 0) is 0 Å². The molecule has 1 saturated heterocycles. The topological polar surface area (TPSA) is 52.2 Å². The maximum atomic E-state index is 12.7. The van der Waals surface area contributed by atoms with Crippen LogP contribution in [0.15, 0.2) is 30.3 Å². The van der Waals surface area contributed by atoms with Crippen LogP contribution >= 0.6 is 0 Å². The van der Waals surface area contributed by atoms with Gasteiger partial charge < -0.3 is 9.80 Å². The average Bonchev–Trinajstić information content (AvgIpc) is 3.14. The molecule has 0 aliphatic carbocycles. The van der Waals surface area contributed by atoms with Gasteiger partial charge in [0.1, 0.15) is 5.69 Å². The van der Waals surface area contributed by atoms with Crippen LogP contribution in [0.25, 0.3) is 0 Å². The number of carbonyl (C=O) groups excluding carboxylic acids is 1. The summed E-state index contributed by atoms with van der Waals surface area (Å²) >= 11 is 0. The summed E-state index contributed by atoms with van der Waals surface area (Å²) in [6.07, 6.45) is 0. The number of H-pyrrole nitrogens is 1. The van der Waals surface area contributed by atoms with Gasteiger partial charge in [-0.2, -0.15) is 5.10 Å². The fourth-order valence-electron chi connectivity index (χ4n) is 3.31. The predicted octanol–water partition coefficient (Wildman–Crippen LogP) is 2.20. The molecule has 2 aromatic rings. The smallest absolute Gasteiger partial charge is 0.274 e. The van der Waals surface area contributed by atoms with E-state index in [0.717, 1.165) is 18.8 Å². The van der Waals surface area contributed by atoms with Crippen molar-refractivity contribution in [2.45, 2.75) is 25.8 Å². The molecule has 5 nitrogen and oxygen atoms in total. The van der Waals surface area contributed by atoms with Gasteiger partial charge in [0.2, 0.25) is 0 Å². The molecule has 1 aromatic heterocycles. The van der Waals surface area contributed by atoms with Crippen LogP contribution < -0.4 is 0 Å². The third-order valence-corrected chi connectivity index (χ3v) is 4.67. The van der Waals surface area contributed by atoms with E-state index in [4.69, 9.17) is 0 Å². The Morgan fingerprint density at radius 1 is 1.22 bits per heavy atom. The second-order valence-corrected chi connectivity index (χ2v) is 6.69. The van der Waals surface area contributed by atoms with E-state index in [2.05, 4.69) is 60.4 Å². The lowest BCUT2D eigenvalue weighted by atomic mass is 9.93. The van der Waals surface area contributed by atoms with Crippen molar-refractivity contribution in [3.8, 4) is 0 Å². The molecule has 3 rings (SSSR count). The number of hydrogen-bond donors (Lipinski definition) is 1. The summed E-state index contributed by atoms with van der Waals surface area (Å²) in [5, 5.41) is 6.96. The zero-order valence-corrected chi connectivity index (χ0v) is 14.2. The largest absolute Gasteiger partial charge is 0.335 e. The maximum absolute atomic E-state index is 12.7. The fourth-order valence-corrected chi connectivity index (χ4v) is 3.31. The Morgan fingerprint density at radius 2 is 1.91 bits per heavy atom. The molecule has 5 heteroatoms. The highest BCUT2D eigenvalue weighted by Crippen LogP contribution is 2.31. The van der Waals surface area contributed by atoms with Gasteiger partial charge in [-0.3, -0.25) is 9.89 Å². The van der Waals surface area contributed by atoms with Crippen molar-refractivity contribution in [3.05, 3.63) is 52.8 Å². The van der Waals surface area contributed by atoms with Crippen LogP contribution in [0.1, 0.15) is 33.2 Å². The second kappa shape index (κ2) is 6.16. The third-order valence-electron chi connectivity index (χ3n) is 4.67. The minimum atomic E-state index is 0.0100. The number of nitrogens with one attached hydrogen (secondary N) is 1. The molecule has 0 bridgehead atoms. The zero-order chi connectivity index (χ0) is 16.6. The van der Waals surface area contributed by atoms with Crippen molar-refractivity contribution in [3.63, 3.8) is 0 Å². The second-order valence-electron chi connectivity index (χ2n) is 6.69. The van der Waals surface area contributed by atoms with Gasteiger partial charge in [0, 0.05) is 30.7 Å². The molecule has 2 atom stereocenters. The van der Waals surface area contributed by atoms with E-state index >= 15 is 0 Å². The molecule has 1 amide bonds. The van der Waals surface area contributed by atoms with Gasteiger partial charge in [-0.15, -0.1) is 0 Å². The Balaban J connectivity index is 1.83. The summed E-state index contributed by atoms with van der Waals surface area (Å²) in [5.41, 5.74) is 3.97. The molecule has 0 saturated carbocycles. The first-order valence-electron chi connectivity index (χ1n) is 8.00. The van der Waals surface area contributed by atoms with E-state index in [9.17, 15) is 4.79 Å². The number of amides is 1. The van der Waals surface area contributed by atoms with Crippen LogP contribution in [0, 0.1) is 13.8 Å². The Morgan fingerprint density at radius 3 is 2.48 bits per heavy atom. The Bertz CT molecular complexity index is 689. The number of aryl methyl sites for hydroxylation is 2. The van der Waals surface area contributed by atoms with Gasteiger partial charge >= 0.3 is 0 Å². The lowest BCUT2D eigenvalue weighted by Gasteiger charge is -2.25. The van der Waals surface area contributed by atoms with Gasteiger partial charge in [-0.25, -0.2) is 0 Å². The average molecular weight is 312 g/mol. The monoisotopic (exact) mass is 312 g/mol. The molecule has 2 heterocycles. The first-order chi connectivity index (χ1) is 11.0. The molecule has 0 spiro atoms. The number of likely N-dealkylation sites (tertiary alicyclic amines) is 1. The van der Waals surface area contributed by atoms with E-state index in [1.165, 1.54) is 11.1 Å². The number of hydrogen-bond acceptors (Lipinski definition) is 3. The fraction of sp³-hybridized carbons (Fsp3) is 0.444. The maximum Gasteiger partial charge on any atom is 0.274 e. The molecule has 0 unspecified atom stereocenters. The van der Waals surface area contributed by atoms with Crippen molar-refractivity contribution in [1.29, 1.82) is 0 Å². The summed E-state index contributed by atoms with van der Waals surface area (Å²) in [7, 11) is 4.16. The van der Waals surface area contributed by atoms with Crippen LogP contribution in [0.5, 0.6) is 0 Å². The number of aromatic amines is 1. The number of nitrogens with zero attached hydrogens (tertiary/aromatic N) is 3. The van der Waals surface area contributed by atoms with Crippen LogP contribution in [0.2, 0.25) is 0 Å². The van der Waals surface area contributed by atoms with E-state index in [0.29, 0.717) is 17.7 Å². The summed E-state index contributed by atoms with van der Waals surface area (Å²) < 4.78 is 0. The summed E-state index contributed by atoms with van der Waals surface area (Å²) in [6.45, 7) is 5.47. The number of rotatable bonds is 3. The molecule has 1 aromatic carbocycles. The van der Waals surface area contributed by atoms with Crippen LogP contribution in [-0.4, -0.2) is 59.1 Å². The molecule has 1 aliphatic heterocycles. The molecular formula is C18H24N4O. The minimum absolute atomic E-state index is 0.0100. The molecule has 1 N–H and O–H groups in total. The van der Waals surface area contributed by atoms with Crippen molar-refractivity contribution in [2.24, 2.45) is 0 Å². The number of aromatic nitrogens is 2.